The number of thiophene rings is 1. The average molecular weight is 396 g/mol. The van der Waals surface area contributed by atoms with E-state index in [1.165, 1.54) is 4.88 Å². The van der Waals surface area contributed by atoms with E-state index in [4.69, 9.17) is 21.1 Å². The van der Waals surface area contributed by atoms with Gasteiger partial charge in [-0.05, 0) is 6.07 Å². The van der Waals surface area contributed by atoms with Crippen molar-refractivity contribution < 1.29 is 9.47 Å². The number of ether oxygens (including phenoxy) is 2. The third-order valence-electron chi connectivity index (χ3n) is 5.24. The van der Waals surface area contributed by atoms with Gasteiger partial charge in [-0.15, -0.1) is 11.3 Å². The van der Waals surface area contributed by atoms with E-state index < -0.39 is 0 Å². The SMILES string of the molecule is ClC1CN(C(c2cc3ncncc3s2)N2CC3COCC(C2)N3)CCO1. The van der Waals surface area contributed by atoms with Crippen molar-refractivity contribution in [3.8, 4) is 0 Å². The van der Waals surface area contributed by atoms with Crippen molar-refractivity contribution in [3.05, 3.63) is 23.5 Å². The van der Waals surface area contributed by atoms with Gasteiger partial charge in [-0.25, -0.2) is 9.97 Å². The van der Waals surface area contributed by atoms with Crippen molar-refractivity contribution in [1.82, 2.24) is 25.1 Å². The highest BCUT2D eigenvalue weighted by Crippen LogP contribution is 2.36. The minimum atomic E-state index is -0.258. The van der Waals surface area contributed by atoms with E-state index in [0.717, 1.165) is 49.6 Å². The molecule has 0 aliphatic carbocycles. The van der Waals surface area contributed by atoms with Gasteiger partial charge in [-0.2, -0.15) is 0 Å². The summed E-state index contributed by atoms with van der Waals surface area (Å²) >= 11 is 8.10. The zero-order valence-corrected chi connectivity index (χ0v) is 16.0. The third-order valence-corrected chi connectivity index (χ3v) is 6.60. The van der Waals surface area contributed by atoms with Gasteiger partial charge in [-0.3, -0.25) is 9.80 Å². The Morgan fingerprint density at radius 2 is 2.08 bits per heavy atom. The van der Waals surface area contributed by atoms with E-state index in [0.29, 0.717) is 18.7 Å². The van der Waals surface area contributed by atoms with Crippen LogP contribution >= 0.6 is 22.9 Å². The Bertz CT molecular complexity index is 731. The van der Waals surface area contributed by atoms with Crippen molar-refractivity contribution in [2.45, 2.75) is 23.8 Å². The van der Waals surface area contributed by atoms with E-state index in [1.807, 2.05) is 6.20 Å². The van der Waals surface area contributed by atoms with Crippen LogP contribution in [-0.4, -0.2) is 83.4 Å². The minimum absolute atomic E-state index is 0.185. The number of alkyl halides is 1. The normalized spacial score (nSPS) is 32.0. The predicted molar refractivity (Wildman–Crippen MR) is 100 cm³/mol. The molecule has 3 saturated heterocycles. The highest BCUT2D eigenvalue weighted by molar-refractivity contribution is 7.19. The first kappa shape index (κ1) is 17.2. The van der Waals surface area contributed by atoms with Crippen LogP contribution in [0, 0.1) is 0 Å². The zero-order chi connectivity index (χ0) is 17.5. The van der Waals surface area contributed by atoms with Gasteiger partial charge in [-0.1, -0.05) is 11.6 Å². The van der Waals surface area contributed by atoms with Gasteiger partial charge in [0.2, 0.25) is 0 Å². The highest BCUT2D eigenvalue weighted by atomic mass is 35.5. The Labute approximate surface area is 161 Å². The maximum Gasteiger partial charge on any atom is 0.143 e. The topological polar surface area (TPSA) is 62.8 Å². The van der Waals surface area contributed by atoms with Gasteiger partial charge in [0.05, 0.1) is 36.2 Å². The van der Waals surface area contributed by atoms with Crippen LogP contribution in [0.2, 0.25) is 0 Å². The number of morpholine rings is 2. The molecule has 0 saturated carbocycles. The third kappa shape index (κ3) is 3.35. The van der Waals surface area contributed by atoms with E-state index in [2.05, 4.69) is 31.2 Å². The van der Waals surface area contributed by atoms with Gasteiger partial charge >= 0.3 is 0 Å². The lowest BCUT2D eigenvalue weighted by Gasteiger charge is -2.48. The maximum atomic E-state index is 6.32. The second-order valence-corrected chi connectivity index (χ2v) is 8.72. The minimum Gasteiger partial charge on any atom is -0.378 e. The molecule has 2 bridgehead atoms. The molecule has 2 aromatic heterocycles. The number of aromatic nitrogens is 2. The van der Waals surface area contributed by atoms with Crippen LogP contribution in [0.25, 0.3) is 10.2 Å². The van der Waals surface area contributed by atoms with Gasteiger partial charge in [0.15, 0.2) is 0 Å². The summed E-state index contributed by atoms with van der Waals surface area (Å²) in [6.07, 6.45) is 3.70. The molecule has 3 fully saturated rings. The fourth-order valence-electron chi connectivity index (χ4n) is 4.20. The molecule has 9 heteroatoms. The first-order valence-electron chi connectivity index (χ1n) is 9.03. The number of halogens is 1. The summed E-state index contributed by atoms with van der Waals surface area (Å²) in [5, 5.41) is 3.67. The standard InChI is InChI=1S/C17H22ClN5O2S/c18-16-7-22(1-2-25-16)17(14-3-13-15(26-14)4-19-10-20-13)23-5-11-8-24-9-12(6-23)21-11/h3-4,10-12,16-17,21H,1-2,5-9H2. The molecule has 0 aromatic carbocycles. The van der Waals surface area contributed by atoms with Gasteiger partial charge < -0.3 is 14.8 Å². The van der Waals surface area contributed by atoms with E-state index in [9.17, 15) is 0 Å². The summed E-state index contributed by atoms with van der Waals surface area (Å²) in [5.74, 6) is 0. The van der Waals surface area contributed by atoms with Crippen molar-refractivity contribution in [3.63, 3.8) is 0 Å². The Morgan fingerprint density at radius 1 is 1.23 bits per heavy atom. The van der Waals surface area contributed by atoms with Gasteiger partial charge in [0.1, 0.15) is 11.9 Å². The first-order valence-corrected chi connectivity index (χ1v) is 10.3. The largest absolute Gasteiger partial charge is 0.378 e. The Hall–Kier alpha value is -0.870. The molecule has 0 radical (unpaired) electrons. The highest BCUT2D eigenvalue weighted by Gasteiger charge is 2.38. The molecule has 1 N–H and O–H groups in total. The molecule has 4 atom stereocenters. The molecule has 7 nitrogen and oxygen atoms in total. The van der Waals surface area contributed by atoms with Crippen LogP contribution in [0.15, 0.2) is 18.6 Å². The number of hydrogen-bond donors (Lipinski definition) is 1. The van der Waals surface area contributed by atoms with Gasteiger partial charge in [0, 0.05) is 49.3 Å². The van der Waals surface area contributed by atoms with Crippen LogP contribution in [0.1, 0.15) is 11.0 Å². The summed E-state index contributed by atoms with van der Waals surface area (Å²) in [4.78, 5) is 14.9. The Morgan fingerprint density at radius 3 is 2.85 bits per heavy atom. The van der Waals surface area contributed by atoms with Crippen LogP contribution in [0.3, 0.4) is 0 Å². The van der Waals surface area contributed by atoms with E-state index in [-0.39, 0.29) is 11.7 Å². The quantitative estimate of drug-likeness (QED) is 0.785. The fourth-order valence-corrected chi connectivity index (χ4v) is 5.63. The predicted octanol–water partition coefficient (Wildman–Crippen LogP) is 1.26. The molecule has 2 aromatic rings. The number of piperazine rings is 1. The number of fused-ring (bicyclic) bond motifs is 3. The second-order valence-electron chi connectivity index (χ2n) is 7.12. The van der Waals surface area contributed by atoms with E-state index >= 15 is 0 Å². The van der Waals surface area contributed by atoms with Crippen molar-refractivity contribution in [2.24, 2.45) is 0 Å². The Balaban J connectivity index is 1.49. The maximum absolute atomic E-state index is 6.32. The summed E-state index contributed by atoms with van der Waals surface area (Å²) in [7, 11) is 0. The number of nitrogens with zero attached hydrogens (tertiary/aromatic N) is 4. The summed E-state index contributed by atoms with van der Waals surface area (Å²) in [5.41, 5.74) is 0.755. The fraction of sp³-hybridized carbons (Fsp3) is 0.647. The lowest BCUT2D eigenvalue weighted by atomic mass is 10.1. The van der Waals surface area contributed by atoms with Crippen molar-refractivity contribution in [1.29, 1.82) is 0 Å². The molecular formula is C17H22ClN5O2S. The van der Waals surface area contributed by atoms with Crippen LogP contribution in [0.4, 0.5) is 0 Å². The van der Waals surface area contributed by atoms with Crippen LogP contribution in [0.5, 0.6) is 0 Å². The first-order chi connectivity index (χ1) is 12.8. The molecule has 26 heavy (non-hydrogen) atoms. The monoisotopic (exact) mass is 395 g/mol. The van der Waals surface area contributed by atoms with Crippen LogP contribution in [-0.2, 0) is 9.47 Å². The smallest absolute Gasteiger partial charge is 0.143 e. The number of rotatable bonds is 3. The van der Waals surface area contributed by atoms with Crippen molar-refractivity contribution >= 4 is 33.2 Å². The molecular weight excluding hydrogens is 374 g/mol. The molecule has 0 amide bonds. The molecule has 4 unspecified atom stereocenters. The number of hydrogen-bond acceptors (Lipinski definition) is 8. The van der Waals surface area contributed by atoms with E-state index in [1.54, 1.807) is 17.7 Å². The van der Waals surface area contributed by atoms with Gasteiger partial charge in [0.25, 0.3) is 0 Å². The van der Waals surface area contributed by atoms with Crippen LogP contribution < -0.4 is 5.32 Å². The second kappa shape index (κ2) is 7.27. The molecule has 3 aliphatic rings. The molecule has 3 aliphatic heterocycles. The molecule has 140 valence electrons. The molecule has 5 rings (SSSR count). The lowest BCUT2D eigenvalue weighted by molar-refractivity contribution is -0.0809. The zero-order valence-electron chi connectivity index (χ0n) is 14.4. The number of nitrogens with one attached hydrogen (secondary N) is 1. The van der Waals surface area contributed by atoms with Crippen molar-refractivity contribution in [2.75, 3.05) is 46.0 Å². The lowest BCUT2D eigenvalue weighted by Crippen LogP contribution is -2.64. The summed E-state index contributed by atoms with van der Waals surface area (Å²) in [6, 6.07) is 2.97. The molecule has 0 spiro atoms. The summed E-state index contributed by atoms with van der Waals surface area (Å²) < 4.78 is 12.4. The average Bonchev–Trinajstić information content (AvgIpc) is 3.05. The Kier molecular flexibility index (Phi) is 4.82. The molecule has 5 heterocycles. The summed E-state index contributed by atoms with van der Waals surface area (Å²) in [6.45, 7) is 5.75.